The van der Waals surface area contributed by atoms with E-state index < -0.39 is 6.04 Å². The molecule has 3 N–H and O–H groups in total. The van der Waals surface area contributed by atoms with Crippen LogP contribution in [-0.2, 0) is 0 Å². The standard InChI is InChI=1S/C9H9BrN2O2/c10-5-1-2-8-6(3-5)9(12-14-8)7(11)4-13/h1-3,7,13H,4,11H2. The fourth-order valence-corrected chi connectivity index (χ4v) is 1.64. The van der Waals surface area contributed by atoms with E-state index in [1.165, 1.54) is 0 Å². The first kappa shape index (κ1) is 9.64. The third-order valence-electron chi connectivity index (χ3n) is 2.01. The fraction of sp³-hybridized carbons (Fsp3) is 0.222. The SMILES string of the molecule is NC(CO)c1noc2ccc(Br)cc12. The van der Waals surface area contributed by atoms with Gasteiger partial charge < -0.3 is 15.4 Å². The van der Waals surface area contributed by atoms with Crippen LogP contribution >= 0.6 is 15.9 Å². The number of aromatic nitrogens is 1. The highest BCUT2D eigenvalue weighted by Crippen LogP contribution is 2.25. The summed E-state index contributed by atoms with van der Waals surface area (Å²) in [5, 5.41) is 13.6. The second kappa shape index (κ2) is 3.68. The van der Waals surface area contributed by atoms with Crippen molar-refractivity contribution in [1.82, 2.24) is 5.16 Å². The maximum atomic E-state index is 8.92. The molecule has 0 radical (unpaired) electrons. The van der Waals surface area contributed by atoms with Crippen LogP contribution in [0, 0.1) is 0 Å². The third-order valence-corrected chi connectivity index (χ3v) is 2.50. The summed E-state index contributed by atoms with van der Waals surface area (Å²) in [6.45, 7) is -0.145. The Bertz CT molecular complexity index is 455. The molecule has 0 aliphatic rings. The summed E-state index contributed by atoms with van der Waals surface area (Å²) < 4.78 is 6.00. The molecule has 1 unspecified atom stereocenters. The number of halogens is 1. The summed E-state index contributed by atoms with van der Waals surface area (Å²) >= 11 is 3.35. The molecule has 0 aliphatic carbocycles. The fourth-order valence-electron chi connectivity index (χ4n) is 1.28. The van der Waals surface area contributed by atoms with Crippen LogP contribution in [0.1, 0.15) is 11.7 Å². The number of aliphatic hydroxyl groups is 1. The van der Waals surface area contributed by atoms with Crippen LogP contribution in [0.3, 0.4) is 0 Å². The number of benzene rings is 1. The molecule has 14 heavy (non-hydrogen) atoms. The van der Waals surface area contributed by atoms with Crippen LogP contribution < -0.4 is 5.73 Å². The van der Waals surface area contributed by atoms with Gasteiger partial charge in [-0.2, -0.15) is 0 Å². The maximum absolute atomic E-state index is 8.92. The summed E-state index contributed by atoms with van der Waals surface area (Å²) in [5.41, 5.74) is 6.93. The highest BCUT2D eigenvalue weighted by atomic mass is 79.9. The Kier molecular flexibility index (Phi) is 2.54. The van der Waals surface area contributed by atoms with Crippen LogP contribution in [0.25, 0.3) is 11.0 Å². The van der Waals surface area contributed by atoms with Crippen molar-refractivity contribution in [3.05, 3.63) is 28.4 Å². The first-order valence-corrected chi connectivity index (χ1v) is 4.93. The van der Waals surface area contributed by atoms with Crippen molar-refractivity contribution in [3.8, 4) is 0 Å². The molecule has 1 atom stereocenters. The van der Waals surface area contributed by atoms with Gasteiger partial charge in [0.2, 0.25) is 0 Å². The van der Waals surface area contributed by atoms with Gasteiger partial charge in [-0.15, -0.1) is 0 Å². The summed E-state index contributed by atoms with van der Waals surface area (Å²) in [7, 11) is 0. The summed E-state index contributed by atoms with van der Waals surface area (Å²) in [5.74, 6) is 0. The number of aliphatic hydroxyl groups excluding tert-OH is 1. The van der Waals surface area contributed by atoms with Gasteiger partial charge in [0.15, 0.2) is 5.58 Å². The van der Waals surface area contributed by atoms with Crippen LogP contribution in [0.5, 0.6) is 0 Å². The molecule has 74 valence electrons. The summed E-state index contributed by atoms with van der Waals surface area (Å²) in [6.07, 6.45) is 0. The number of hydrogen-bond acceptors (Lipinski definition) is 4. The molecule has 4 nitrogen and oxygen atoms in total. The monoisotopic (exact) mass is 256 g/mol. The van der Waals surface area contributed by atoms with E-state index in [2.05, 4.69) is 21.1 Å². The van der Waals surface area contributed by atoms with Gasteiger partial charge in [0.25, 0.3) is 0 Å². The predicted molar refractivity (Wildman–Crippen MR) is 55.7 cm³/mol. The number of nitrogens with zero attached hydrogens (tertiary/aromatic N) is 1. The molecule has 0 fully saturated rings. The van der Waals surface area contributed by atoms with Crippen LogP contribution in [-0.4, -0.2) is 16.9 Å². The first-order valence-electron chi connectivity index (χ1n) is 4.13. The lowest BCUT2D eigenvalue weighted by Gasteiger charge is -2.02. The third kappa shape index (κ3) is 1.54. The Balaban J connectivity index is 2.61. The molecule has 0 saturated heterocycles. The minimum absolute atomic E-state index is 0.145. The Morgan fingerprint density at radius 3 is 3.07 bits per heavy atom. The molecule has 0 amide bonds. The molecular weight excluding hydrogens is 248 g/mol. The van der Waals surface area contributed by atoms with Crippen LogP contribution in [0.15, 0.2) is 27.2 Å². The molecule has 5 heteroatoms. The first-order chi connectivity index (χ1) is 6.72. The molecule has 2 aromatic rings. The highest BCUT2D eigenvalue weighted by Gasteiger charge is 2.14. The second-order valence-electron chi connectivity index (χ2n) is 3.00. The zero-order chi connectivity index (χ0) is 10.1. The lowest BCUT2D eigenvalue weighted by molar-refractivity contribution is 0.262. The van der Waals surface area contributed by atoms with E-state index in [0.717, 1.165) is 9.86 Å². The lowest BCUT2D eigenvalue weighted by Crippen LogP contribution is -2.14. The van der Waals surface area contributed by atoms with Crippen molar-refractivity contribution >= 4 is 26.9 Å². The highest BCUT2D eigenvalue weighted by molar-refractivity contribution is 9.10. The van der Waals surface area contributed by atoms with Gasteiger partial charge in [-0.25, -0.2) is 0 Å². The van der Waals surface area contributed by atoms with Crippen molar-refractivity contribution in [2.45, 2.75) is 6.04 Å². The van der Waals surface area contributed by atoms with E-state index in [-0.39, 0.29) is 6.61 Å². The minimum Gasteiger partial charge on any atom is -0.394 e. The largest absolute Gasteiger partial charge is 0.394 e. The predicted octanol–water partition coefficient (Wildman–Crippen LogP) is 1.58. The van der Waals surface area contributed by atoms with Crippen molar-refractivity contribution in [3.63, 3.8) is 0 Å². The topological polar surface area (TPSA) is 72.3 Å². The lowest BCUT2D eigenvalue weighted by atomic mass is 10.1. The van der Waals surface area contributed by atoms with Gasteiger partial charge in [0, 0.05) is 9.86 Å². The molecule has 1 aromatic heterocycles. The van der Waals surface area contributed by atoms with Gasteiger partial charge in [0.05, 0.1) is 12.6 Å². The number of hydrogen-bond donors (Lipinski definition) is 2. The van der Waals surface area contributed by atoms with Crippen molar-refractivity contribution < 1.29 is 9.63 Å². The molecule has 0 bridgehead atoms. The van der Waals surface area contributed by atoms with E-state index in [4.69, 9.17) is 15.4 Å². The number of fused-ring (bicyclic) bond motifs is 1. The maximum Gasteiger partial charge on any atom is 0.167 e. The Morgan fingerprint density at radius 2 is 2.36 bits per heavy atom. The molecule has 0 saturated carbocycles. The smallest absolute Gasteiger partial charge is 0.167 e. The van der Waals surface area contributed by atoms with Gasteiger partial charge in [-0.3, -0.25) is 0 Å². The normalized spacial score (nSPS) is 13.4. The molecular formula is C9H9BrN2O2. The Morgan fingerprint density at radius 1 is 1.57 bits per heavy atom. The van der Waals surface area contributed by atoms with E-state index in [0.29, 0.717) is 11.3 Å². The number of rotatable bonds is 2. The van der Waals surface area contributed by atoms with Crippen LogP contribution in [0.2, 0.25) is 0 Å². The molecule has 0 spiro atoms. The van der Waals surface area contributed by atoms with E-state index in [1.807, 2.05) is 12.1 Å². The van der Waals surface area contributed by atoms with Crippen molar-refractivity contribution in [2.75, 3.05) is 6.61 Å². The van der Waals surface area contributed by atoms with E-state index in [1.54, 1.807) is 6.07 Å². The summed E-state index contributed by atoms with van der Waals surface area (Å²) in [6, 6.07) is 5.05. The van der Waals surface area contributed by atoms with Gasteiger partial charge >= 0.3 is 0 Å². The van der Waals surface area contributed by atoms with Gasteiger partial charge in [0.1, 0.15) is 5.69 Å². The number of nitrogens with two attached hydrogens (primary N) is 1. The minimum atomic E-state index is -0.495. The van der Waals surface area contributed by atoms with Gasteiger partial charge in [-0.05, 0) is 18.2 Å². The average Bonchev–Trinajstić information content (AvgIpc) is 2.59. The van der Waals surface area contributed by atoms with Crippen LogP contribution in [0.4, 0.5) is 0 Å². The average molecular weight is 257 g/mol. The molecule has 0 aliphatic heterocycles. The van der Waals surface area contributed by atoms with Crippen molar-refractivity contribution in [2.24, 2.45) is 5.73 Å². The Hall–Kier alpha value is -0.910. The quantitative estimate of drug-likeness (QED) is 0.856. The summed E-state index contributed by atoms with van der Waals surface area (Å²) in [4.78, 5) is 0. The Labute approximate surface area is 88.8 Å². The van der Waals surface area contributed by atoms with Gasteiger partial charge in [-0.1, -0.05) is 21.1 Å². The molecule has 1 aromatic carbocycles. The zero-order valence-corrected chi connectivity index (χ0v) is 8.86. The second-order valence-corrected chi connectivity index (χ2v) is 3.91. The molecule has 1 heterocycles. The molecule has 2 rings (SSSR count). The zero-order valence-electron chi connectivity index (χ0n) is 7.27. The van der Waals surface area contributed by atoms with Crippen molar-refractivity contribution in [1.29, 1.82) is 0 Å². The van der Waals surface area contributed by atoms with E-state index in [9.17, 15) is 0 Å². The van der Waals surface area contributed by atoms with E-state index >= 15 is 0 Å².